The molecule has 0 aliphatic carbocycles. The Bertz CT molecular complexity index is 583. The quantitative estimate of drug-likeness (QED) is 0.791. The van der Waals surface area contributed by atoms with Gasteiger partial charge in [0.05, 0.1) is 19.8 Å². The van der Waals surface area contributed by atoms with Gasteiger partial charge in [-0.15, -0.1) is 0 Å². The van der Waals surface area contributed by atoms with Crippen molar-refractivity contribution in [3.05, 3.63) is 53.6 Å². The van der Waals surface area contributed by atoms with Crippen LogP contribution in [0.25, 0.3) is 0 Å². The number of rotatable bonds is 4. The Morgan fingerprint density at radius 3 is 2.00 bits per heavy atom. The molecule has 19 heavy (non-hydrogen) atoms. The number of ketones is 1. The highest BCUT2D eigenvalue weighted by Gasteiger charge is 2.22. The lowest BCUT2D eigenvalue weighted by atomic mass is 10.0. The number of ether oxygens (including phenoxy) is 2. The Balaban J connectivity index is 2.58. The molecule has 0 amide bonds. The van der Waals surface area contributed by atoms with E-state index in [1.807, 2.05) is 0 Å². The van der Waals surface area contributed by atoms with Crippen molar-refractivity contribution < 1.29 is 19.4 Å². The van der Waals surface area contributed by atoms with Gasteiger partial charge >= 0.3 is 0 Å². The number of para-hydroxylation sites is 1. The van der Waals surface area contributed by atoms with Crippen molar-refractivity contribution in [1.82, 2.24) is 0 Å². The molecule has 2 aromatic carbocycles. The average Bonchev–Trinajstić information content (AvgIpc) is 2.46. The summed E-state index contributed by atoms with van der Waals surface area (Å²) in [4.78, 5) is 12.5. The molecule has 0 aliphatic heterocycles. The fraction of sp³-hybridized carbons (Fsp3) is 0.133. The first-order valence-corrected chi connectivity index (χ1v) is 5.70. The molecule has 1 radical (unpaired) electrons. The van der Waals surface area contributed by atoms with Crippen LogP contribution in [0.15, 0.2) is 42.5 Å². The van der Waals surface area contributed by atoms with Crippen LogP contribution in [0.2, 0.25) is 0 Å². The van der Waals surface area contributed by atoms with Gasteiger partial charge in [-0.1, -0.05) is 18.2 Å². The summed E-state index contributed by atoms with van der Waals surface area (Å²) in [6, 6.07) is 11.1. The lowest BCUT2D eigenvalue weighted by Gasteiger charge is -2.12. The van der Waals surface area contributed by atoms with Crippen LogP contribution in [0.1, 0.15) is 15.9 Å². The first-order valence-electron chi connectivity index (χ1n) is 5.70. The second kappa shape index (κ2) is 5.44. The Kier molecular flexibility index (Phi) is 3.71. The third kappa shape index (κ3) is 2.38. The minimum atomic E-state index is -0.403. The van der Waals surface area contributed by atoms with E-state index in [0.717, 1.165) is 0 Å². The molecule has 0 bridgehead atoms. The molecule has 0 atom stereocenters. The lowest BCUT2D eigenvalue weighted by Crippen LogP contribution is -2.06. The van der Waals surface area contributed by atoms with Crippen LogP contribution >= 0.6 is 0 Å². The molecular formula is C15H13O4. The molecule has 0 saturated carbocycles. The largest absolute Gasteiger partial charge is 0.496 e. The van der Waals surface area contributed by atoms with Gasteiger partial charge in [0.1, 0.15) is 17.1 Å². The zero-order valence-electron chi connectivity index (χ0n) is 10.7. The second-order valence-corrected chi connectivity index (χ2v) is 3.86. The molecule has 4 heteroatoms. The number of hydrogen-bond donors (Lipinski definition) is 0. The maximum atomic E-state index is 12.5. The highest BCUT2D eigenvalue weighted by molar-refractivity contribution is 6.13. The van der Waals surface area contributed by atoms with E-state index in [2.05, 4.69) is 0 Å². The van der Waals surface area contributed by atoms with Crippen LogP contribution in [0.3, 0.4) is 0 Å². The molecule has 2 aromatic rings. The lowest BCUT2D eigenvalue weighted by molar-refractivity contribution is 0.102. The third-order valence-electron chi connectivity index (χ3n) is 2.79. The molecule has 0 spiro atoms. The highest BCUT2D eigenvalue weighted by atomic mass is 16.5. The van der Waals surface area contributed by atoms with Crippen molar-refractivity contribution >= 4 is 5.78 Å². The van der Waals surface area contributed by atoms with E-state index >= 15 is 0 Å². The fourth-order valence-corrected chi connectivity index (χ4v) is 1.86. The summed E-state index contributed by atoms with van der Waals surface area (Å²) in [7, 11) is 2.93. The fourth-order valence-electron chi connectivity index (χ4n) is 1.86. The summed E-state index contributed by atoms with van der Waals surface area (Å²) in [5, 5.41) is 11.7. The molecule has 0 N–H and O–H groups in total. The summed E-state index contributed by atoms with van der Waals surface area (Å²) >= 11 is 0. The van der Waals surface area contributed by atoms with E-state index in [1.54, 1.807) is 30.3 Å². The predicted octanol–water partition coefficient (Wildman–Crippen LogP) is 3.08. The van der Waals surface area contributed by atoms with Gasteiger partial charge in [0.2, 0.25) is 5.78 Å². The zero-order valence-corrected chi connectivity index (χ0v) is 10.7. The molecule has 0 fully saturated rings. The molecule has 97 valence electrons. The van der Waals surface area contributed by atoms with E-state index in [0.29, 0.717) is 11.5 Å². The number of benzene rings is 2. The van der Waals surface area contributed by atoms with Crippen molar-refractivity contribution in [2.45, 2.75) is 0 Å². The number of carbonyl (C=O) groups excluding carboxylic acids is 1. The van der Waals surface area contributed by atoms with E-state index in [4.69, 9.17) is 9.47 Å². The minimum absolute atomic E-state index is 0.102. The number of methoxy groups -OCH3 is 2. The van der Waals surface area contributed by atoms with Crippen LogP contribution in [0, 0.1) is 0 Å². The SMILES string of the molecule is COc1cccc(OC)c1C(=O)c1ccccc1[O]. The van der Waals surface area contributed by atoms with Crippen molar-refractivity contribution in [3.63, 3.8) is 0 Å². The summed E-state index contributed by atoms with van der Waals surface area (Å²) in [5.41, 5.74) is 0.362. The van der Waals surface area contributed by atoms with E-state index < -0.39 is 5.78 Å². The van der Waals surface area contributed by atoms with Gasteiger partial charge in [0, 0.05) is 0 Å². The van der Waals surface area contributed by atoms with Crippen LogP contribution in [0.5, 0.6) is 17.2 Å². The van der Waals surface area contributed by atoms with Gasteiger partial charge in [0.25, 0.3) is 0 Å². The van der Waals surface area contributed by atoms with Crippen LogP contribution in [-0.2, 0) is 5.11 Å². The van der Waals surface area contributed by atoms with E-state index in [-0.39, 0.29) is 16.9 Å². The first kappa shape index (κ1) is 13.0. The van der Waals surface area contributed by atoms with Gasteiger partial charge in [-0.3, -0.25) is 9.90 Å². The summed E-state index contributed by atoms with van der Waals surface area (Å²) in [6.45, 7) is 0. The zero-order chi connectivity index (χ0) is 13.8. The number of hydrogen-bond acceptors (Lipinski definition) is 3. The molecule has 0 aliphatic rings. The van der Waals surface area contributed by atoms with Crippen molar-refractivity contribution in [3.8, 4) is 17.2 Å². The Morgan fingerprint density at radius 1 is 0.895 bits per heavy atom. The van der Waals surface area contributed by atoms with Gasteiger partial charge in [0.15, 0.2) is 5.75 Å². The average molecular weight is 257 g/mol. The topological polar surface area (TPSA) is 55.4 Å². The molecule has 0 unspecified atom stereocenters. The molecule has 0 saturated heterocycles. The second-order valence-electron chi connectivity index (χ2n) is 3.86. The summed E-state index contributed by atoms with van der Waals surface area (Å²) in [5.74, 6) is 0.0422. The Labute approximate surface area is 111 Å². The van der Waals surface area contributed by atoms with Crippen LogP contribution in [0.4, 0.5) is 0 Å². The maximum Gasteiger partial charge on any atom is 0.204 e. The molecular weight excluding hydrogens is 244 g/mol. The van der Waals surface area contributed by atoms with Gasteiger partial charge in [-0.25, -0.2) is 0 Å². The third-order valence-corrected chi connectivity index (χ3v) is 2.79. The molecule has 2 rings (SSSR count). The van der Waals surface area contributed by atoms with E-state index in [9.17, 15) is 9.90 Å². The van der Waals surface area contributed by atoms with Crippen molar-refractivity contribution in [2.75, 3.05) is 14.2 Å². The summed E-state index contributed by atoms with van der Waals surface area (Å²) in [6.07, 6.45) is 0. The van der Waals surface area contributed by atoms with Gasteiger partial charge in [-0.05, 0) is 24.3 Å². The molecule has 0 heterocycles. The van der Waals surface area contributed by atoms with Crippen LogP contribution < -0.4 is 9.47 Å². The first-order chi connectivity index (χ1) is 9.19. The Morgan fingerprint density at radius 2 is 1.47 bits per heavy atom. The maximum absolute atomic E-state index is 12.5. The molecule has 0 aromatic heterocycles. The van der Waals surface area contributed by atoms with Gasteiger partial charge < -0.3 is 9.47 Å². The monoisotopic (exact) mass is 257 g/mol. The predicted molar refractivity (Wildman–Crippen MR) is 69.6 cm³/mol. The smallest absolute Gasteiger partial charge is 0.204 e. The van der Waals surface area contributed by atoms with Crippen molar-refractivity contribution in [2.24, 2.45) is 0 Å². The van der Waals surface area contributed by atoms with Crippen LogP contribution in [-0.4, -0.2) is 20.0 Å². The minimum Gasteiger partial charge on any atom is -0.496 e. The number of carbonyl (C=O) groups is 1. The van der Waals surface area contributed by atoms with Crippen molar-refractivity contribution in [1.29, 1.82) is 0 Å². The van der Waals surface area contributed by atoms with E-state index in [1.165, 1.54) is 26.4 Å². The Hall–Kier alpha value is -2.49. The molecule has 4 nitrogen and oxygen atoms in total. The standard InChI is InChI=1S/C15H13O4/c1-18-12-8-5-9-13(19-2)14(12)15(17)10-6-3-4-7-11(10)16/h3-9H,1-2H3. The summed E-state index contributed by atoms with van der Waals surface area (Å²) < 4.78 is 10.3. The van der Waals surface area contributed by atoms with Gasteiger partial charge in [-0.2, -0.15) is 0 Å². The normalized spacial score (nSPS) is 10.0. The highest BCUT2D eigenvalue weighted by Crippen LogP contribution is 2.32.